The summed E-state index contributed by atoms with van der Waals surface area (Å²) in [6, 6.07) is 13.1. The molecular formula is C25H20F2IN3O4. The second-order valence-corrected chi connectivity index (χ2v) is 9.07. The van der Waals surface area contributed by atoms with Crippen LogP contribution in [0.1, 0.15) is 17.2 Å². The van der Waals surface area contributed by atoms with Gasteiger partial charge < -0.3 is 15.4 Å². The standard InChI is InChI=1S/C25H20F2IN3O4/c1-35-18-9-4-15(5-10-18)22-24(33)31(25(34)30-22)21(12-14-2-6-16(26)7-3-14)23(32)29-20-11-8-17(28)13-19(20)27/h2-11,13,21-22H,12H2,1H3,(H,29,32)(H,30,34)/t21?,22-/m1/s1. The Labute approximate surface area is 213 Å². The largest absolute Gasteiger partial charge is 0.497 e. The lowest BCUT2D eigenvalue weighted by Crippen LogP contribution is -2.49. The van der Waals surface area contributed by atoms with Gasteiger partial charge in [-0.3, -0.25) is 9.59 Å². The topological polar surface area (TPSA) is 87.7 Å². The van der Waals surface area contributed by atoms with Crippen molar-refractivity contribution in [2.24, 2.45) is 0 Å². The number of imide groups is 1. The third-order valence-electron chi connectivity index (χ3n) is 5.57. The summed E-state index contributed by atoms with van der Waals surface area (Å²) in [5.41, 5.74) is 0.942. The average Bonchev–Trinajstić information content (AvgIpc) is 3.14. The monoisotopic (exact) mass is 591 g/mol. The van der Waals surface area contributed by atoms with Crippen molar-refractivity contribution in [3.05, 3.63) is 93.1 Å². The lowest BCUT2D eigenvalue weighted by Gasteiger charge is -2.25. The highest BCUT2D eigenvalue weighted by molar-refractivity contribution is 14.1. The van der Waals surface area contributed by atoms with Gasteiger partial charge in [-0.15, -0.1) is 0 Å². The second-order valence-electron chi connectivity index (χ2n) is 7.82. The Morgan fingerprint density at radius 2 is 1.77 bits per heavy atom. The van der Waals surface area contributed by atoms with Crippen LogP contribution < -0.4 is 15.4 Å². The Kier molecular flexibility index (Phi) is 7.29. The first-order valence-corrected chi connectivity index (χ1v) is 11.6. The van der Waals surface area contributed by atoms with Crippen molar-refractivity contribution in [2.75, 3.05) is 12.4 Å². The first-order valence-electron chi connectivity index (χ1n) is 10.5. The molecule has 2 atom stereocenters. The lowest BCUT2D eigenvalue weighted by molar-refractivity contribution is -0.134. The Balaban J connectivity index is 1.64. The summed E-state index contributed by atoms with van der Waals surface area (Å²) in [5, 5.41) is 5.08. The quantitative estimate of drug-likeness (QED) is 0.315. The predicted octanol–water partition coefficient (Wildman–Crippen LogP) is 4.42. The van der Waals surface area contributed by atoms with E-state index in [-0.39, 0.29) is 12.1 Å². The smallest absolute Gasteiger partial charge is 0.325 e. The van der Waals surface area contributed by atoms with Crippen molar-refractivity contribution >= 4 is 46.1 Å². The van der Waals surface area contributed by atoms with E-state index in [0.717, 1.165) is 4.90 Å². The Bertz CT molecular complexity index is 1270. The van der Waals surface area contributed by atoms with Gasteiger partial charge in [0.05, 0.1) is 12.8 Å². The van der Waals surface area contributed by atoms with Gasteiger partial charge in [0.15, 0.2) is 0 Å². The number of rotatable bonds is 7. The molecule has 1 aliphatic heterocycles. The van der Waals surface area contributed by atoms with Gasteiger partial charge in [-0.25, -0.2) is 18.5 Å². The maximum absolute atomic E-state index is 14.4. The number of halogens is 3. The number of carbonyl (C=O) groups excluding carboxylic acids is 3. The van der Waals surface area contributed by atoms with Gasteiger partial charge in [0.2, 0.25) is 5.91 Å². The molecule has 10 heteroatoms. The van der Waals surface area contributed by atoms with Crippen LogP contribution in [0.3, 0.4) is 0 Å². The average molecular weight is 591 g/mol. The first kappa shape index (κ1) is 24.6. The van der Waals surface area contributed by atoms with E-state index in [1.807, 2.05) is 22.6 Å². The summed E-state index contributed by atoms with van der Waals surface area (Å²) in [4.78, 5) is 40.3. The third-order valence-corrected chi connectivity index (χ3v) is 6.24. The van der Waals surface area contributed by atoms with E-state index in [2.05, 4.69) is 10.6 Å². The van der Waals surface area contributed by atoms with Crippen molar-refractivity contribution in [3.63, 3.8) is 0 Å². The fraction of sp³-hybridized carbons (Fsp3) is 0.160. The molecule has 1 saturated heterocycles. The van der Waals surface area contributed by atoms with Crippen molar-refractivity contribution in [1.29, 1.82) is 0 Å². The molecule has 1 heterocycles. The number of carbonyl (C=O) groups is 3. The molecule has 35 heavy (non-hydrogen) atoms. The van der Waals surface area contributed by atoms with Crippen LogP contribution in [0.2, 0.25) is 0 Å². The number of hydrogen-bond donors (Lipinski definition) is 2. The lowest BCUT2D eigenvalue weighted by atomic mass is 10.0. The van der Waals surface area contributed by atoms with Crippen LogP contribution in [0.25, 0.3) is 0 Å². The molecule has 0 aliphatic carbocycles. The zero-order valence-corrected chi connectivity index (χ0v) is 20.6. The van der Waals surface area contributed by atoms with E-state index in [9.17, 15) is 23.2 Å². The molecule has 3 aromatic carbocycles. The number of nitrogens with one attached hydrogen (secondary N) is 2. The number of benzene rings is 3. The van der Waals surface area contributed by atoms with Gasteiger partial charge in [-0.05, 0) is 76.2 Å². The normalized spacial score (nSPS) is 16.1. The number of hydrogen-bond acceptors (Lipinski definition) is 4. The van der Waals surface area contributed by atoms with Gasteiger partial charge in [-0.1, -0.05) is 24.3 Å². The Morgan fingerprint density at radius 3 is 2.40 bits per heavy atom. The van der Waals surface area contributed by atoms with Crippen LogP contribution in [0, 0.1) is 15.2 Å². The van der Waals surface area contributed by atoms with E-state index in [4.69, 9.17) is 4.74 Å². The summed E-state index contributed by atoms with van der Waals surface area (Å²) >= 11 is 1.94. The SMILES string of the molecule is COc1ccc([C@H]2NC(=O)N(C(Cc3ccc(F)cc3)C(=O)Nc3ccc(I)cc3F)C2=O)cc1. The fourth-order valence-corrected chi connectivity index (χ4v) is 4.22. The van der Waals surface area contributed by atoms with Gasteiger partial charge in [0.25, 0.3) is 5.91 Å². The van der Waals surface area contributed by atoms with Gasteiger partial charge >= 0.3 is 6.03 Å². The first-order chi connectivity index (χ1) is 16.8. The summed E-state index contributed by atoms with van der Waals surface area (Å²) in [6.07, 6.45) is -0.0907. The van der Waals surface area contributed by atoms with Crippen LogP contribution in [-0.2, 0) is 16.0 Å². The molecule has 0 spiro atoms. The predicted molar refractivity (Wildman–Crippen MR) is 133 cm³/mol. The minimum absolute atomic E-state index is 0.0849. The van der Waals surface area contributed by atoms with E-state index < -0.39 is 41.6 Å². The van der Waals surface area contributed by atoms with E-state index in [1.54, 1.807) is 30.3 Å². The van der Waals surface area contributed by atoms with Crippen molar-refractivity contribution in [1.82, 2.24) is 10.2 Å². The molecular weight excluding hydrogens is 571 g/mol. The van der Waals surface area contributed by atoms with E-state index in [0.29, 0.717) is 20.4 Å². The molecule has 4 rings (SSSR count). The number of ether oxygens (including phenoxy) is 1. The Morgan fingerprint density at radius 1 is 1.09 bits per heavy atom. The molecule has 1 unspecified atom stereocenters. The van der Waals surface area contributed by atoms with Gasteiger partial charge in [-0.2, -0.15) is 0 Å². The van der Waals surface area contributed by atoms with Crippen LogP contribution >= 0.6 is 22.6 Å². The zero-order chi connectivity index (χ0) is 25.1. The van der Waals surface area contributed by atoms with E-state index >= 15 is 0 Å². The minimum Gasteiger partial charge on any atom is -0.497 e. The number of methoxy groups -OCH3 is 1. The summed E-state index contributed by atoms with van der Waals surface area (Å²) in [7, 11) is 1.51. The molecule has 2 N–H and O–H groups in total. The second kappa shape index (κ2) is 10.4. The summed E-state index contributed by atoms with van der Waals surface area (Å²) < 4.78 is 33.6. The molecule has 1 aliphatic rings. The highest BCUT2D eigenvalue weighted by Crippen LogP contribution is 2.27. The van der Waals surface area contributed by atoms with Crippen LogP contribution in [0.5, 0.6) is 5.75 Å². The molecule has 0 saturated carbocycles. The highest BCUT2D eigenvalue weighted by atomic mass is 127. The molecule has 0 radical (unpaired) electrons. The number of amides is 4. The van der Waals surface area contributed by atoms with Crippen molar-refractivity contribution in [2.45, 2.75) is 18.5 Å². The third kappa shape index (κ3) is 5.42. The molecule has 0 aromatic heterocycles. The van der Waals surface area contributed by atoms with Crippen LogP contribution in [-0.4, -0.2) is 35.9 Å². The molecule has 180 valence electrons. The van der Waals surface area contributed by atoms with Crippen LogP contribution in [0.4, 0.5) is 19.3 Å². The number of anilines is 1. The number of nitrogens with zero attached hydrogens (tertiary/aromatic N) is 1. The van der Waals surface area contributed by atoms with Gasteiger partial charge in [0, 0.05) is 9.99 Å². The number of urea groups is 1. The molecule has 7 nitrogen and oxygen atoms in total. The van der Waals surface area contributed by atoms with Crippen LogP contribution in [0.15, 0.2) is 66.7 Å². The minimum atomic E-state index is -1.31. The molecule has 3 aromatic rings. The summed E-state index contributed by atoms with van der Waals surface area (Å²) in [6.45, 7) is 0. The Hall–Kier alpha value is -3.54. The zero-order valence-electron chi connectivity index (χ0n) is 18.4. The van der Waals surface area contributed by atoms with Crippen molar-refractivity contribution in [3.8, 4) is 5.75 Å². The molecule has 4 amide bonds. The molecule has 1 fully saturated rings. The maximum Gasteiger partial charge on any atom is 0.325 e. The highest BCUT2D eigenvalue weighted by Gasteiger charge is 2.45. The fourth-order valence-electron chi connectivity index (χ4n) is 3.76. The maximum atomic E-state index is 14.4. The summed E-state index contributed by atoms with van der Waals surface area (Å²) in [5.74, 6) is -1.93. The van der Waals surface area contributed by atoms with Gasteiger partial charge in [0.1, 0.15) is 29.5 Å². The van der Waals surface area contributed by atoms with E-state index in [1.165, 1.54) is 43.5 Å². The molecule has 0 bridgehead atoms. The van der Waals surface area contributed by atoms with Crippen molar-refractivity contribution < 1.29 is 27.9 Å².